The topological polar surface area (TPSA) is 59.3 Å². The maximum absolute atomic E-state index is 12.1. The fourth-order valence-corrected chi connectivity index (χ4v) is 2.25. The average molecular weight is 312 g/mol. The highest BCUT2D eigenvalue weighted by Gasteiger charge is 2.14. The van der Waals surface area contributed by atoms with Crippen LogP contribution in [0.3, 0.4) is 0 Å². The minimum atomic E-state index is -0.220. The standard InChI is InChI=1S/C18H24N4O/c1-6-22-13(2)15(12-20-22)11-19-21-17(23)14-7-9-16(10-8-14)18(3,4)5/h7-12H,6H2,1-5H3,(H,21,23)/b19-11-. The number of carbonyl (C=O) groups is 1. The summed E-state index contributed by atoms with van der Waals surface area (Å²) in [7, 11) is 0. The number of nitrogens with one attached hydrogen (secondary N) is 1. The second-order valence-electron chi connectivity index (χ2n) is 6.53. The van der Waals surface area contributed by atoms with Gasteiger partial charge in [-0.05, 0) is 37.0 Å². The molecular weight excluding hydrogens is 288 g/mol. The number of nitrogens with zero attached hydrogens (tertiary/aromatic N) is 3. The van der Waals surface area contributed by atoms with Gasteiger partial charge >= 0.3 is 0 Å². The summed E-state index contributed by atoms with van der Waals surface area (Å²) in [4.78, 5) is 12.1. The Hall–Kier alpha value is -2.43. The third-order valence-corrected chi connectivity index (χ3v) is 3.82. The fraction of sp³-hybridized carbons (Fsp3) is 0.389. The second-order valence-corrected chi connectivity index (χ2v) is 6.53. The molecule has 0 saturated heterocycles. The highest BCUT2D eigenvalue weighted by atomic mass is 16.2. The van der Waals surface area contributed by atoms with Crippen LogP contribution in [-0.4, -0.2) is 21.9 Å². The SMILES string of the molecule is CCn1ncc(/C=N\NC(=O)c2ccc(C(C)(C)C)cc2)c1C. The maximum Gasteiger partial charge on any atom is 0.271 e. The van der Waals surface area contributed by atoms with Crippen LogP contribution in [0.4, 0.5) is 0 Å². The van der Waals surface area contributed by atoms with Crippen LogP contribution in [0, 0.1) is 6.92 Å². The molecule has 1 aromatic carbocycles. The molecular formula is C18H24N4O. The zero-order valence-corrected chi connectivity index (χ0v) is 14.4. The predicted molar refractivity (Wildman–Crippen MR) is 92.8 cm³/mol. The van der Waals surface area contributed by atoms with E-state index in [2.05, 4.69) is 36.4 Å². The second kappa shape index (κ2) is 6.77. The fourth-order valence-electron chi connectivity index (χ4n) is 2.25. The molecule has 0 bridgehead atoms. The maximum atomic E-state index is 12.1. The first-order chi connectivity index (χ1) is 10.8. The molecule has 2 aromatic rings. The van der Waals surface area contributed by atoms with Crippen molar-refractivity contribution in [3.8, 4) is 0 Å². The number of hydrogen-bond donors (Lipinski definition) is 1. The number of aromatic nitrogens is 2. The number of carbonyl (C=O) groups excluding carboxylic acids is 1. The first-order valence-electron chi connectivity index (χ1n) is 7.79. The van der Waals surface area contributed by atoms with Gasteiger partial charge in [0, 0.05) is 23.4 Å². The summed E-state index contributed by atoms with van der Waals surface area (Å²) in [5.41, 5.74) is 6.34. The van der Waals surface area contributed by atoms with E-state index in [1.54, 1.807) is 12.4 Å². The van der Waals surface area contributed by atoms with E-state index in [1.165, 1.54) is 5.56 Å². The Morgan fingerprint density at radius 3 is 2.48 bits per heavy atom. The van der Waals surface area contributed by atoms with E-state index in [-0.39, 0.29) is 11.3 Å². The molecule has 0 atom stereocenters. The van der Waals surface area contributed by atoms with Crippen LogP contribution in [0.1, 0.15) is 54.9 Å². The molecule has 0 radical (unpaired) electrons. The molecule has 122 valence electrons. The monoisotopic (exact) mass is 312 g/mol. The number of rotatable bonds is 4. The van der Waals surface area contributed by atoms with Crippen molar-refractivity contribution in [2.75, 3.05) is 0 Å². The van der Waals surface area contributed by atoms with E-state index >= 15 is 0 Å². The molecule has 0 spiro atoms. The van der Waals surface area contributed by atoms with Gasteiger partial charge in [0.25, 0.3) is 5.91 Å². The van der Waals surface area contributed by atoms with Gasteiger partial charge in [-0.1, -0.05) is 32.9 Å². The Balaban J connectivity index is 2.02. The molecule has 1 N–H and O–H groups in total. The van der Waals surface area contributed by atoms with Gasteiger partial charge in [0.2, 0.25) is 0 Å². The Morgan fingerprint density at radius 1 is 1.30 bits per heavy atom. The smallest absolute Gasteiger partial charge is 0.269 e. The Bertz CT molecular complexity index is 706. The first kappa shape index (κ1) is 16.9. The highest BCUT2D eigenvalue weighted by molar-refractivity contribution is 5.95. The number of hydrogen-bond acceptors (Lipinski definition) is 3. The van der Waals surface area contributed by atoms with Crippen LogP contribution in [0.5, 0.6) is 0 Å². The van der Waals surface area contributed by atoms with Crippen molar-refractivity contribution in [1.29, 1.82) is 0 Å². The lowest BCUT2D eigenvalue weighted by atomic mass is 9.87. The van der Waals surface area contributed by atoms with Gasteiger partial charge in [0.05, 0.1) is 12.4 Å². The predicted octanol–water partition coefficient (Wildman–Crippen LogP) is 3.27. The van der Waals surface area contributed by atoms with E-state index < -0.39 is 0 Å². The van der Waals surface area contributed by atoms with Gasteiger partial charge in [-0.25, -0.2) is 5.43 Å². The summed E-state index contributed by atoms with van der Waals surface area (Å²) in [5, 5.41) is 8.26. The quantitative estimate of drug-likeness (QED) is 0.696. The summed E-state index contributed by atoms with van der Waals surface area (Å²) in [6.07, 6.45) is 3.36. The lowest BCUT2D eigenvalue weighted by Gasteiger charge is -2.18. The Morgan fingerprint density at radius 2 is 1.96 bits per heavy atom. The summed E-state index contributed by atoms with van der Waals surface area (Å²) in [6.45, 7) is 11.3. The molecule has 5 heteroatoms. The van der Waals surface area contributed by atoms with Gasteiger partial charge in [-0.15, -0.1) is 0 Å². The van der Waals surface area contributed by atoms with E-state index in [4.69, 9.17) is 0 Å². The van der Waals surface area contributed by atoms with Gasteiger partial charge in [0.15, 0.2) is 0 Å². The zero-order valence-electron chi connectivity index (χ0n) is 14.4. The Labute approximate surface area is 137 Å². The number of aryl methyl sites for hydroxylation is 1. The van der Waals surface area contributed by atoms with Crippen molar-refractivity contribution < 1.29 is 4.79 Å². The highest BCUT2D eigenvalue weighted by Crippen LogP contribution is 2.22. The summed E-state index contributed by atoms with van der Waals surface area (Å²) in [6, 6.07) is 7.61. The van der Waals surface area contributed by atoms with Gasteiger partial charge in [0.1, 0.15) is 0 Å². The van der Waals surface area contributed by atoms with Crippen LogP contribution in [0.2, 0.25) is 0 Å². The molecule has 1 amide bonds. The molecule has 23 heavy (non-hydrogen) atoms. The minimum absolute atomic E-state index is 0.0735. The third-order valence-electron chi connectivity index (χ3n) is 3.82. The summed E-state index contributed by atoms with van der Waals surface area (Å²) < 4.78 is 1.88. The molecule has 1 heterocycles. The van der Waals surface area contributed by atoms with Crippen molar-refractivity contribution in [3.05, 3.63) is 52.8 Å². The lowest BCUT2D eigenvalue weighted by Crippen LogP contribution is -2.18. The molecule has 0 aliphatic heterocycles. The average Bonchev–Trinajstić information content (AvgIpc) is 2.87. The van der Waals surface area contributed by atoms with Crippen molar-refractivity contribution in [1.82, 2.24) is 15.2 Å². The van der Waals surface area contributed by atoms with Gasteiger partial charge in [-0.3, -0.25) is 9.48 Å². The normalized spacial score (nSPS) is 11.9. The summed E-state index contributed by atoms with van der Waals surface area (Å²) in [5.74, 6) is -0.220. The largest absolute Gasteiger partial charge is 0.271 e. The minimum Gasteiger partial charge on any atom is -0.269 e. The van der Waals surface area contributed by atoms with E-state index in [0.717, 1.165) is 17.8 Å². The van der Waals surface area contributed by atoms with Gasteiger partial charge in [-0.2, -0.15) is 10.2 Å². The van der Waals surface area contributed by atoms with Crippen molar-refractivity contribution >= 4 is 12.1 Å². The third kappa shape index (κ3) is 4.06. The van der Waals surface area contributed by atoms with E-state index in [0.29, 0.717) is 5.56 Å². The van der Waals surface area contributed by atoms with Crippen LogP contribution in [0.25, 0.3) is 0 Å². The number of amides is 1. The van der Waals surface area contributed by atoms with Crippen LogP contribution >= 0.6 is 0 Å². The Kier molecular flexibility index (Phi) is 4.98. The van der Waals surface area contributed by atoms with Crippen molar-refractivity contribution in [2.24, 2.45) is 5.10 Å². The molecule has 1 aromatic heterocycles. The molecule has 5 nitrogen and oxygen atoms in total. The van der Waals surface area contributed by atoms with E-state index in [1.807, 2.05) is 42.8 Å². The lowest BCUT2D eigenvalue weighted by molar-refractivity contribution is 0.0955. The molecule has 0 saturated carbocycles. The molecule has 0 aliphatic rings. The number of hydrazone groups is 1. The summed E-state index contributed by atoms with van der Waals surface area (Å²) >= 11 is 0. The van der Waals surface area contributed by atoms with Crippen molar-refractivity contribution in [3.63, 3.8) is 0 Å². The number of benzene rings is 1. The van der Waals surface area contributed by atoms with Crippen LogP contribution in [-0.2, 0) is 12.0 Å². The molecule has 2 rings (SSSR count). The first-order valence-corrected chi connectivity index (χ1v) is 7.79. The molecule has 0 aliphatic carbocycles. The molecule has 0 unspecified atom stereocenters. The van der Waals surface area contributed by atoms with Crippen LogP contribution < -0.4 is 5.43 Å². The van der Waals surface area contributed by atoms with Gasteiger partial charge < -0.3 is 0 Å². The van der Waals surface area contributed by atoms with E-state index in [9.17, 15) is 4.79 Å². The zero-order chi connectivity index (χ0) is 17.0. The van der Waals surface area contributed by atoms with Crippen LogP contribution in [0.15, 0.2) is 35.6 Å². The van der Waals surface area contributed by atoms with Crippen molar-refractivity contribution in [2.45, 2.75) is 46.6 Å². The molecule has 0 fully saturated rings.